The molecule has 0 spiro atoms. The summed E-state index contributed by atoms with van der Waals surface area (Å²) in [5, 5.41) is 0. The lowest BCUT2D eigenvalue weighted by Crippen LogP contribution is -2.13. The van der Waals surface area contributed by atoms with Crippen molar-refractivity contribution in [3.63, 3.8) is 0 Å². The fraction of sp³-hybridized carbons (Fsp3) is 0.250. The zero-order chi connectivity index (χ0) is 31.8. The van der Waals surface area contributed by atoms with E-state index in [1.165, 1.54) is 72.8 Å². The Labute approximate surface area is 254 Å². The van der Waals surface area contributed by atoms with E-state index in [-0.39, 0.29) is 41.9 Å². The van der Waals surface area contributed by atoms with Crippen LogP contribution in [0.25, 0.3) is 0 Å². The van der Waals surface area contributed by atoms with E-state index in [0.29, 0.717) is 0 Å². The lowest BCUT2D eigenvalue weighted by Gasteiger charge is -2.19. The van der Waals surface area contributed by atoms with Crippen LogP contribution in [0.2, 0.25) is 0 Å². The van der Waals surface area contributed by atoms with Crippen LogP contribution in [-0.2, 0) is 40.9 Å². The van der Waals surface area contributed by atoms with Crippen LogP contribution in [-0.4, -0.2) is 25.3 Å². The Hall–Kier alpha value is -3.67. The molecule has 0 heterocycles. The molecule has 0 saturated heterocycles. The molecule has 0 fully saturated rings. The van der Waals surface area contributed by atoms with Gasteiger partial charge in [-0.25, -0.2) is 8.42 Å². The molecule has 4 aromatic carbocycles. The molecule has 0 unspecified atom stereocenters. The molecule has 0 amide bonds. The standard InChI is InChI=1S/C32H34O8S3/c1-31(2,3)23-7-15-29(16-8-23)42(35,36)39-25-11-19-27(20-12-25)41(33,34)28-21-13-26(14-22-28)40-43(37,38)30-17-9-24(10-18-30)32(4,5)6/h7-22H,1-6H3. The van der Waals surface area contributed by atoms with Crippen LogP contribution in [0.3, 0.4) is 0 Å². The van der Waals surface area contributed by atoms with Gasteiger partial charge in [0.25, 0.3) is 0 Å². The molecule has 0 aliphatic heterocycles. The number of hydrogen-bond acceptors (Lipinski definition) is 8. The summed E-state index contributed by atoms with van der Waals surface area (Å²) in [6.45, 7) is 12.1. The van der Waals surface area contributed by atoms with Crippen LogP contribution < -0.4 is 8.37 Å². The minimum Gasteiger partial charge on any atom is -0.379 e. The molecule has 0 aliphatic carbocycles. The molecule has 43 heavy (non-hydrogen) atoms. The Balaban J connectivity index is 1.46. The summed E-state index contributed by atoms with van der Waals surface area (Å²) in [6.07, 6.45) is 0. The molecule has 228 valence electrons. The third-order valence-corrected chi connectivity index (χ3v) is 11.0. The van der Waals surface area contributed by atoms with Gasteiger partial charge in [0, 0.05) is 0 Å². The zero-order valence-electron chi connectivity index (χ0n) is 24.7. The third kappa shape index (κ3) is 7.46. The largest absolute Gasteiger partial charge is 0.379 e. The maximum absolute atomic E-state index is 13.2. The van der Waals surface area contributed by atoms with Crippen LogP contribution in [0.1, 0.15) is 52.7 Å². The van der Waals surface area contributed by atoms with Crippen LogP contribution in [0.4, 0.5) is 0 Å². The smallest absolute Gasteiger partial charge is 0.339 e. The summed E-state index contributed by atoms with van der Waals surface area (Å²) in [4.78, 5) is -0.258. The lowest BCUT2D eigenvalue weighted by molar-refractivity contribution is 0.484. The third-order valence-electron chi connectivity index (χ3n) is 6.70. The van der Waals surface area contributed by atoms with Gasteiger partial charge in [0.1, 0.15) is 21.3 Å². The van der Waals surface area contributed by atoms with Crippen LogP contribution in [0.5, 0.6) is 11.5 Å². The number of benzene rings is 4. The van der Waals surface area contributed by atoms with E-state index in [0.717, 1.165) is 11.1 Å². The normalized spacial score (nSPS) is 13.0. The monoisotopic (exact) mass is 642 g/mol. The first-order valence-electron chi connectivity index (χ1n) is 13.3. The number of rotatable bonds is 8. The first-order valence-corrected chi connectivity index (χ1v) is 17.6. The Morgan fingerprint density at radius 3 is 0.907 bits per heavy atom. The second-order valence-electron chi connectivity index (χ2n) is 12.1. The van der Waals surface area contributed by atoms with Gasteiger partial charge < -0.3 is 8.37 Å². The second kappa shape index (κ2) is 11.4. The first-order chi connectivity index (χ1) is 19.8. The van der Waals surface area contributed by atoms with Crippen LogP contribution >= 0.6 is 0 Å². The second-order valence-corrected chi connectivity index (χ2v) is 17.1. The van der Waals surface area contributed by atoms with Crippen LogP contribution in [0, 0.1) is 0 Å². The number of hydrogen-bond donors (Lipinski definition) is 0. The molecular formula is C32H34O8S3. The van der Waals surface area contributed by atoms with E-state index in [1.807, 2.05) is 41.5 Å². The molecule has 0 aromatic heterocycles. The van der Waals surface area contributed by atoms with Gasteiger partial charge in [0.2, 0.25) is 9.84 Å². The maximum Gasteiger partial charge on any atom is 0.339 e. The van der Waals surface area contributed by atoms with Crippen LogP contribution in [0.15, 0.2) is 117 Å². The summed E-state index contributed by atoms with van der Waals surface area (Å²) >= 11 is 0. The highest BCUT2D eigenvalue weighted by atomic mass is 32.2. The highest BCUT2D eigenvalue weighted by Crippen LogP contribution is 2.29. The summed E-state index contributed by atoms with van der Waals surface area (Å²) in [7, 11) is -12.3. The Kier molecular flexibility index (Phi) is 8.58. The molecule has 0 aliphatic rings. The van der Waals surface area contributed by atoms with Gasteiger partial charge in [-0.3, -0.25) is 0 Å². The quantitative estimate of drug-likeness (QED) is 0.196. The van der Waals surface area contributed by atoms with Gasteiger partial charge in [-0.1, -0.05) is 65.8 Å². The molecule has 11 heteroatoms. The predicted octanol–water partition coefficient (Wildman–Crippen LogP) is 6.65. The van der Waals surface area contributed by atoms with Crippen molar-refractivity contribution in [2.45, 2.75) is 72.0 Å². The van der Waals surface area contributed by atoms with E-state index in [1.54, 1.807) is 24.3 Å². The summed E-state index contributed by atoms with van der Waals surface area (Å²) in [5.74, 6) is -0.105. The summed E-state index contributed by atoms with van der Waals surface area (Å²) in [6, 6.07) is 22.7. The Morgan fingerprint density at radius 2 is 0.651 bits per heavy atom. The van der Waals surface area contributed by atoms with Gasteiger partial charge in [-0.2, -0.15) is 16.8 Å². The van der Waals surface area contributed by atoms with Gasteiger partial charge in [-0.15, -0.1) is 0 Å². The maximum atomic E-state index is 13.2. The van der Waals surface area contributed by atoms with Crippen molar-refractivity contribution in [3.8, 4) is 11.5 Å². The molecule has 8 nitrogen and oxygen atoms in total. The van der Waals surface area contributed by atoms with Crippen molar-refractivity contribution in [3.05, 3.63) is 108 Å². The van der Waals surface area contributed by atoms with Crippen molar-refractivity contribution in [2.24, 2.45) is 0 Å². The molecule has 0 saturated carbocycles. The zero-order valence-corrected chi connectivity index (χ0v) is 27.2. The van der Waals surface area contributed by atoms with Crippen molar-refractivity contribution >= 4 is 30.1 Å². The fourth-order valence-electron chi connectivity index (χ4n) is 4.08. The predicted molar refractivity (Wildman–Crippen MR) is 164 cm³/mol. The molecule has 0 N–H and O–H groups in total. The highest BCUT2D eigenvalue weighted by molar-refractivity contribution is 7.91. The van der Waals surface area contributed by atoms with E-state index >= 15 is 0 Å². The minimum absolute atomic E-state index is 0.0246. The van der Waals surface area contributed by atoms with E-state index < -0.39 is 30.1 Å². The number of sulfone groups is 1. The Bertz CT molecular complexity index is 1770. The molecule has 0 radical (unpaired) electrons. The van der Waals surface area contributed by atoms with Gasteiger partial charge in [-0.05, 0) is 94.8 Å². The average Bonchev–Trinajstić information content (AvgIpc) is 2.92. The van der Waals surface area contributed by atoms with E-state index in [2.05, 4.69) is 0 Å². The topological polar surface area (TPSA) is 121 Å². The molecule has 0 bridgehead atoms. The first kappa shape index (κ1) is 32.2. The lowest BCUT2D eigenvalue weighted by atomic mass is 9.87. The molecule has 4 aromatic rings. The van der Waals surface area contributed by atoms with Gasteiger partial charge in [0.05, 0.1) is 9.79 Å². The van der Waals surface area contributed by atoms with Crippen molar-refractivity contribution in [1.29, 1.82) is 0 Å². The van der Waals surface area contributed by atoms with Gasteiger partial charge >= 0.3 is 20.2 Å². The molecule has 0 atom stereocenters. The van der Waals surface area contributed by atoms with E-state index in [9.17, 15) is 25.3 Å². The Morgan fingerprint density at radius 1 is 0.395 bits per heavy atom. The minimum atomic E-state index is -4.14. The summed E-state index contributed by atoms with van der Waals surface area (Å²) < 4.78 is 87.8. The average molecular weight is 643 g/mol. The van der Waals surface area contributed by atoms with Crippen molar-refractivity contribution < 1.29 is 33.6 Å². The summed E-state index contributed by atoms with van der Waals surface area (Å²) in [5.41, 5.74) is 1.64. The highest BCUT2D eigenvalue weighted by Gasteiger charge is 2.23. The SMILES string of the molecule is CC(C)(C)c1ccc(S(=O)(=O)Oc2ccc(S(=O)(=O)c3ccc(OS(=O)(=O)c4ccc(C(C)(C)C)cc4)cc3)cc2)cc1. The van der Waals surface area contributed by atoms with Gasteiger partial charge in [0.15, 0.2) is 0 Å². The molecular weight excluding hydrogens is 609 g/mol. The fourth-order valence-corrected chi connectivity index (χ4v) is 7.20. The van der Waals surface area contributed by atoms with Crippen molar-refractivity contribution in [1.82, 2.24) is 0 Å². The van der Waals surface area contributed by atoms with Crippen molar-refractivity contribution in [2.75, 3.05) is 0 Å². The van der Waals surface area contributed by atoms with E-state index in [4.69, 9.17) is 8.37 Å². The molecule has 4 rings (SSSR count).